The van der Waals surface area contributed by atoms with E-state index in [-0.39, 0.29) is 11.8 Å². The van der Waals surface area contributed by atoms with E-state index in [0.29, 0.717) is 6.42 Å². The van der Waals surface area contributed by atoms with Crippen LogP contribution in [0.3, 0.4) is 0 Å². The van der Waals surface area contributed by atoms with Crippen LogP contribution >= 0.6 is 0 Å². The molecule has 1 atom stereocenters. The highest BCUT2D eigenvalue weighted by molar-refractivity contribution is 5.81. The lowest BCUT2D eigenvalue weighted by atomic mass is 10.1. The van der Waals surface area contributed by atoms with Crippen LogP contribution in [0.4, 0.5) is 0 Å². The highest BCUT2D eigenvalue weighted by Gasteiger charge is 2.33. The first kappa shape index (κ1) is 17.8. The van der Waals surface area contributed by atoms with Gasteiger partial charge in [-0.05, 0) is 36.6 Å². The molecule has 4 nitrogen and oxygen atoms in total. The van der Waals surface area contributed by atoms with Crippen molar-refractivity contribution in [1.82, 2.24) is 14.5 Å². The maximum atomic E-state index is 12.5. The number of carbonyl (C=O) groups excluding carboxylic acids is 1. The average molecular weight is 361 g/mol. The molecular weight excluding hydrogens is 334 g/mol. The molecule has 1 aliphatic heterocycles. The third-order valence-corrected chi connectivity index (χ3v) is 5.64. The van der Waals surface area contributed by atoms with Crippen molar-refractivity contribution in [1.29, 1.82) is 0 Å². The molecule has 1 aromatic heterocycles. The van der Waals surface area contributed by atoms with Gasteiger partial charge in [-0.2, -0.15) is 0 Å². The van der Waals surface area contributed by atoms with Crippen LogP contribution in [0.25, 0.3) is 11.0 Å². The molecule has 2 heterocycles. The molecule has 4 heteroatoms. The van der Waals surface area contributed by atoms with E-state index in [4.69, 9.17) is 4.98 Å². The van der Waals surface area contributed by atoms with E-state index in [0.717, 1.165) is 49.3 Å². The Morgan fingerprint density at radius 1 is 1.11 bits per heavy atom. The van der Waals surface area contributed by atoms with E-state index >= 15 is 0 Å². The molecule has 0 N–H and O–H groups in total. The van der Waals surface area contributed by atoms with Gasteiger partial charge in [0.05, 0.1) is 11.0 Å². The van der Waals surface area contributed by atoms with Gasteiger partial charge in [-0.1, -0.05) is 49.7 Å². The predicted octanol–water partition coefficient (Wildman–Crippen LogP) is 4.51. The number of nitrogens with zero attached hydrogens (tertiary/aromatic N) is 3. The van der Waals surface area contributed by atoms with Gasteiger partial charge >= 0.3 is 0 Å². The molecule has 1 amide bonds. The summed E-state index contributed by atoms with van der Waals surface area (Å²) in [5.74, 6) is 1.49. The summed E-state index contributed by atoms with van der Waals surface area (Å²) < 4.78 is 2.32. The third-order valence-electron chi connectivity index (χ3n) is 5.64. The lowest BCUT2D eigenvalue weighted by Crippen LogP contribution is -2.26. The summed E-state index contributed by atoms with van der Waals surface area (Å²) in [6.07, 6.45) is 2.75. The van der Waals surface area contributed by atoms with Crippen molar-refractivity contribution in [2.24, 2.45) is 0 Å². The van der Waals surface area contributed by atoms with Gasteiger partial charge in [-0.25, -0.2) is 4.98 Å². The maximum Gasteiger partial charge on any atom is 0.223 e. The standard InChI is InChI=1S/C23H27N3O/c1-3-4-13-25-15-19(14-22(25)27)23-24-20-11-7-8-12-21(20)26(23)16-18-10-6-5-9-17(18)2/h5-12,19H,3-4,13-16H2,1-2H3/t19-/m1/s1. The van der Waals surface area contributed by atoms with Gasteiger partial charge in [0.2, 0.25) is 5.91 Å². The number of aryl methyl sites for hydroxylation is 1. The number of benzene rings is 2. The molecule has 0 aliphatic carbocycles. The lowest BCUT2D eigenvalue weighted by Gasteiger charge is -2.17. The summed E-state index contributed by atoms with van der Waals surface area (Å²) in [6, 6.07) is 16.8. The summed E-state index contributed by atoms with van der Waals surface area (Å²) in [5.41, 5.74) is 4.75. The van der Waals surface area contributed by atoms with Crippen molar-refractivity contribution in [2.45, 2.75) is 45.6 Å². The first-order chi connectivity index (χ1) is 13.2. The third kappa shape index (κ3) is 3.48. The Morgan fingerprint density at radius 3 is 2.70 bits per heavy atom. The number of hydrogen-bond acceptors (Lipinski definition) is 2. The SMILES string of the molecule is CCCCN1C[C@H](c2nc3ccccc3n2Cc2ccccc2C)CC1=O. The van der Waals surface area contributed by atoms with Crippen LogP contribution in [0, 0.1) is 6.92 Å². The van der Waals surface area contributed by atoms with E-state index in [9.17, 15) is 4.79 Å². The molecule has 1 saturated heterocycles. The highest BCUT2D eigenvalue weighted by atomic mass is 16.2. The topological polar surface area (TPSA) is 38.1 Å². The smallest absolute Gasteiger partial charge is 0.223 e. The Hall–Kier alpha value is -2.62. The molecule has 2 aromatic carbocycles. The number of fused-ring (bicyclic) bond motifs is 1. The monoisotopic (exact) mass is 361 g/mol. The van der Waals surface area contributed by atoms with Gasteiger partial charge in [0.1, 0.15) is 5.82 Å². The number of carbonyl (C=O) groups is 1. The predicted molar refractivity (Wildman–Crippen MR) is 109 cm³/mol. The molecular formula is C23H27N3O. The van der Waals surface area contributed by atoms with Gasteiger partial charge in [0, 0.05) is 32.0 Å². The van der Waals surface area contributed by atoms with Gasteiger partial charge in [-0.3, -0.25) is 4.79 Å². The number of aromatic nitrogens is 2. The summed E-state index contributed by atoms with van der Waals surface area (Å²) in [6.45, 7) is 6.77. The van der Waals surface area contributed by atoms with E-state index in [1.165, 1.54) is 11.1 Å². The van der Waals surface area contributed by atoms with Crippen molar-refractivity contribution < 1.29 is 4.79 Å². The molecule has 3 aromatic rings. The number of likely N-dealkylation sites (tertiary alicyclic amines) is 1. The molecule has 27 heavy (non-hydrogen) atoms. The normalized spacial score (nSPS) is 17.2. The summed E-state index contributed by atoms with van der Waals surface area (Å²) in [7, 11) is 0. The van der Waals surface area contributed by atoms with Crippen LogP contribution in [0.1, 0.15) is 49.1 Å². The fourth-order valence-corrected chi connectivity index (χ4v) is 4.04. The van der Waals surface area contributed by atoms with Crippen molar-refractivity contribution in [3.8, 4) is 0 Å². The maximum absolute atomic E-state index is 12.5. The van der Waals surface area contributed by atoms with Gasteiger partial charge in [0.25, 0.3) is 0 Å². The second-order valence-corrected chi connectivity index (χ2v) is 7.57. The molecule has 0 unspecified atom stereocenters. The number of rotatable bonds is 6. The van der Waals surface area contributed by atoms with Gasteiger partial charge < -0.3 is 9.47 Å². The minimum absolute atomic E-state index is 0.172. The number of unbranched alkanes of at least 4 members (excludes halogenated alkanes) is 1. The second kappa shape index (κ2) is 7.55. The van der Waals surface area contributed by atoms with E-state index in [1.54, 1.807) is 0 Å². The molecule has 140 valence electrons. The van der Waals surface area contributed by atoms with Gasteiger partial charge in [-0.15, -0.1) is 0 Å². The number of para-hydroxylation sites is 2. The second-order valence-electron chi connectivity index (χ2n) is 7.57. The number of hydrogen-bond donors (Lipinski definition) is 0. The first-order valence-corrected chi connectivity index (χ1v) is 9.94. The highest BCUT2D eigenvalue weighted by Crippen LogP contribution is 2.31. The summed E-state index contributed by atoms with van der Waals surface area (Å²) in [5, 5.41) is 0. The Morgan fingerprint density at radius 2 is 1.89 bits per heavy atom. The van der Waals surface area contributed by atoms with Crippen molar-refractivity contribution in [2.75, 3.05) is 13.1 Å². The van der Waals surface area contributed by atoms with Crippen molar-refractivity contribution in [3.63, 3.8) is 0 Å². The lowest BCUT2D eigenvalue weighted by molar-refractivity contribution is -0.127. The zero-order valence-electron chi connectivity index (χ0n) is 16.2. The molecule has 4 rings (SSSR count). The largest absolute Gasteiger partial charge is 0.342 e. The zero-order valence-corrected chi connectivity index (χ0v) is 16.2. The van der Waals surface area contributed by atoms with Gasteiger partial charge in [0.15, 0.2) is 0 Å². The quantitative estimate of drug-likeness (QED) is 0.648. The minimum atomic E-state index is 0.172. The minimum Gasteiger partial charge on any atom is -0.342 e. The number of imidazole rings is 1. The molecule has 0 radical (unpaired) electrons. The van der Waals surface area contributed by atoms with E-state index < -0.39 is 0 Å². The molecule has 0 bridgehead atoms. The van der Waals surface area contributed by atoms with Crippen molar-refractivity contribution >= 4 is 16.9 Å². The molecule has 1 aliphatic rings. The van der Waals surface area contributed by atoms with Crippen LogP contribution in [0.15, 0.2) is 48.5 Å². The number of amides is 1. The Labute approximate surface area is 160 Å². The molecule has 0 spiro atoms. The summed E-state index contributed by atoms with van der Waals surface area (Å²) >= 11 is 0. The molecule has 1 fully saturated rings. The Bertz CT molecular complexity index is 959. The van der Waals surface area contributed by atoms with Crippen LogP contribution in [-0.4, -0.2) is 33.4 Å². The van der Waals surface area contributed by atoms with Crippen LogP contribution in [0.5, 0.6) is 0 Å². The summed E-state index contributed by atoms with van der Waals surface area (Å²) in [4.78, 5) is 19.5. The Kier molecular flexibility index (Phi) is 4.97. The average Bonchev–Trinajstić information content (AvgIpc) is 3.22. The first-order valence-electron chi connectivity index (χ1n) is 9.94. The molecule has 0 saturated carbocycles. The van der Waals surface area contributed by atoms with Crippen LogP contribution in [0.2, 0.25) is 0 Å². The van der Waals surface area contributed by atoms with Crippen LogP contribution in [-0.2, 0) is 11.3 Å². The van der Waals surface area contributed by atoms with Crippen molar-refractivity contribution in [3.05, 3.63) is 65.5 Å². The van der Waals surface area contributed by atoms with Crippen LogP contribution < -0.4 is 0 Å². The zero-order chi connectivity index (χ0) is 18.8. The fourth-order valence-electron chi connectivity index (χ4n) is 4.04. The Balaban J connectivity index is 1.71. The van der Waals surface area contributed by atoms with E-state index in [2.05, 4.69) is 60.9 Å². The fraction of sp³-hybridized carbons (Fsp3) is 0.391. The van der Waals surface area contributed by atoms with E-state index in [1.807, 2.05) is 11.0 Å².